The van der Waals surface area contributed by atoms with E-state index < -0.39 is 18.8 Å². The van der Waals surface area contributed by atoms with Crippen LogP contribution in [0.2, 0.25) is 0 Å². The molecule has 0 heterocycles. The standard InChI is InChI=1S/C5H10F3NO/c1-4(10)2-9-3-5(6,7)8/h4,9-10H,2-3H2,1H3/t4-/m1/s1. The van der Waals surface area contributed by atoms with Crippen LogP contribution in [0.25, 0.3) is 0 Å². The van der Waals surface area contributed by atoms with E-state index in [2.05, 4.69) is 0 Å². The van der Waals surface area contributed by atoms with Gasteiger partial charge in [0, 0.05) is 6.54 Å². The predicted octanol–water partition coefficient (Wildman–Crippen LogP) is 0.519. The van der Waals surface area contributed by atoms with Gasteiger partial charge in [-0.2, -0.15) is 13.2 Å². The molecule has 0 aromatic rings. The Morgan fingerprint density at radius 3 is 2.30 bits per heavy atom. The first-order chi connectivity index (χ1) is 4.42. The summed E-state index contributed by atoms with van der Waals surface area (Å²) in [6.45, 7) is 0.348. The van der Waals surface area contributed by atoms with Crippen molar-refractivity contribution in [1.29, 1.82) is 0 Å². The third-order valence-corrected chi connectivity index (χ3v) is 0.765. The zero-order chi connectivity index (χ0) is 8.20. The summed E-state index contributed by atoms with van der Waals surface area (Å²) in [5.74, 6) is 0. The fourth-order valence-corrected chi connectivity index (χ4v) is 0.423. The minimum absolute atomic E-state index is 0.0283. The van der Waals surface area contributed by atoms with Gasteiger partial charge >= 0.3 is 6.18 Å². The maximum Gasteiger partial charge on any atom is 0.401 e. The maximum absolute atomic E-state index is 11.4. The topological polar surface area (TPSA) is 32.3 Å². The van der Waals surface area contributed by atoms with Crippen LogP contribution in [0, 0.1) is 0 Å². The minimum atomic E-state index is -4.19. The highest BCUT2D eigenvalue weighted by Gasteiger charge is 2.26. The lowest BCUT2D eigenvalue weighted by molar-refractivity contribution is -0.125. The first-order valence-corrected chi connectivity index (χ1v) is 2.87. The van der Waals surface area contributed by atoms with Crippen LogP contribution in [0.5, 0.6) is 0 Å². The largest absolute Gasteiger partial charge is 0.401 e. The Morgan fingerprint density at radius 2 is 2.00 bits per heavy atom. The van der Waals surface area contributed by atoms with Crippen molar-refractivity contribution in [2.45, 2.75) is 19.2 Å². The second-order valence-corrected chi connectivity index (χ2v) is 2.10. The van der Waals surface area contributed by atoms with Crippen LogP contribution in [0.4, 0.5) is 13.2 Å². The van der Waals surface area contributed by atoms with Crippen LogP contribution in [-0.2, 0) is 0 Å². The number of nitrogens with one attached hydrogen (secondary N) is 1. The smallest absolute Gasteiger partial charge is 0.392 e. The molecule has 0 rings (SSSR count). The lowest BCUT2D eigenvalue weighted by atomic mass is 10.4. The van der Waals surface area contributed by atoms with Crippen molar-refractivity contribution in [3.63, 3.8) is 0 Å². The predicted molar refractivity (Wildman–Crippen MR) is 30.6 cm³/mol. The highest BCUT2D eigenvalue weighted by Crippen LogP contribution is 2.11. The van der Waals surface area contributed by atoms with Crippen LogP contribution in [0.1, 0.15) is 6.92 Å². The van der Waals surface area contributed by atoms with Crippen molar-refractivity contribution in [1.82, 2.24) is 5.32 Å². The van der Waals surface area contributed by atoms with Gasteiger partial charge in [-0.3, -0.25) is 0 Å². The second kappa shape index (κ2) is 3.78. The molecule has 0 aromatic carbocycles. The molecule has 0 radical (unpaired) electrons. The molecule has 0 amide bonds. The average Bonchev–Trinajstić information content (AvgIpc) is 1.59. The molecular weight excluding hydrogens is 147 g/mol. The molecule has 0 unspecified atom stereocenters. The molecule has 0 aliphatic carbocycles. The number of aliphatic hydroxyl groups is 1. The van der Waals surface area contributed by atoms with Crippen LogP contribution >= 0.6 is 0 Å². The summed E-state index contributed by atoms with van der Waals surface area (Å²) in [5.41, 5.74) is 0. The number of aliphatic hydroxyl groups excluding tert-OH is 1. The van der Waals surface area contributed by atoms with Crippen molar-refractivity contribution < 1.29 is 18.3 Å². The number of alkyl halides is 3. The fraction of sp³-hybridized carbons (Fsp3) is 1.00. The number of halogens is 3. The molecule has 0 bridgehead atoms. The summed E-state index contributed by atoms with van der Waals surface area (Å²) in [6.07, 6.45) is -4.92. The Balaban J connectivity index is 3.21. The Bertz CT molecular complexity index is 91.4. The molecule has 62 valence electrons. The normalized spacial score (nSPS) is 15.3. The Hall–Kier alpha value is -0.290. The van der Waals surface area contributed by atoms with E-state index in [1.165, 1.54) is 6.92 Å². The van der Waals surface area contributed by atoms with E-state index in [0.29, 0.717) is 0 Å². The van der Waals surface area contributed by atoms with Gasteiger partial charge in [0.2, 0.25) is 0 Å². The molecule has 0 aromatic heterocycles. The van der Waals surface area contributed by atoms with E-state index in [9.17, 15) is 13.2 Å². The zero-order valence-corrected chi connectivity index (χ0v) is 5.57. The van der Waals surface area contributed by atoms with Crippen molar-refractivity contribution in [3.8, 4) is 0 Å². The lowest BCUT2D eigenvalue weighted by Gasteiger charge is -2.08. The van der Waals surface area contributed by atoms with Gasteiger partial charge in [-0.25, -0.2) is 0 Å². The Morgan fingerprint density at radius 1 is 1.50 bits per heavy atom. The minimum Gasteiger partial charge on any atom is -0.392 e. The molecule has 0 saturated carbocycles. The molecule has 0 aliphatic heterocycles. The monoisotopic (exact) mass is 157 g/mol. The molecule has 0 saturated heterocycles. The van der Waals surface area contributed by atoms with Gasteiger partial charge in [0.1, 0.15) is 0 Å². The first-order valence-electron chi connectivity index (χ1n) is 2.87. The molecule has 0 aliphatic rings. The Kier molecular flexibility index (Phi) is 3.67. The molecule has 0 spiro atoms. The van der Waals surface area contributed by atoms with Gasteiger partial charge in [-0.15, -0.1) is 0 Å². The van der Waals surface area contributed by atoms with E-state index >= 15 is 0 Å². The molecule has 10 heavy (non-hydrogen) atoms. The van der Waals surface area contributed by atoms with Gasteiger partial charge in [0.25, 0.3) is 0 Å². The zero-order valence-electron chi connectivity index (χ0n) is 5.57. The van der Waals surface area contributed by atoms with Gasteiger partial charge in [-0.05, 0) is 6.92 Å². The summed E-state index contributed by atoms with van der Waals surface area (Å²) >= 11 is 0. The number of rotatable bonds is 3. The lowest BCUT2D eigenvalue weighted by Crippen LogP contribution is -2.33. The van der Waals surface area contributed by atoms with Crippen molar-refractivity contribution in [2.75, 3.05) is 13.1 Å². The summed E-state index contributed by atoms with van der Waals surface area (Å²) in [7, 11) is 0. The van der Waals surface area contributed by atoms with E-state index in [1.807, 2.05) is 5.32 Å². The fourth-order valence-electron chi connectivity index (χ4n) is 0.423. The molecule has 2 N–H and O–H groups in total. The average molecular weight is 157 g/mol. The molecule has 2 nitrogen and oxygen atoms in total. The van der Waals surface area contributed by atoms with E-state index in [0.717, 1.165) is 0 Å². The van der Waals surface area contributed by atoms with E-state index in [-0.39, 0.29) is 6.54 Å². The molecular formula is C5H10F3NO. The third kappa shape index (κ3) is 7.71. The summed E-state index contributed by atoms with van der Waals surface area (Å²) in [4.78, 5) is 0. The quantitative estimate of drug-likeness (QED) is 0.626. The number of hydrogen-bond donors (Lipinski definition) is 2. The molecule has 1 atom stereocenters. The van der Waals surface area contributed by atoms with Crippen molar-refractivity contribution in [2.24, 2.45) is 0 Å². The first kappa shape index (κ1) is 9.71. The summed E-state index contributed by atoms with van der Waals surface area (Å²) in [6, 6.07) is 0. The highest BCUT2D eigenvalue weighted by atomic mass is 19.4. The van der Waals surface area contributed by atoms with Gasteiger partial charge in [0.05, 0.1) is 12.6 Å². The summed E-state index contributed by atoms with van der Waals surface area (Å²) in [5, 5.41) is 10.6. The van der Waals surface area contributed by atoms with Gasteiger partial charge < -0.3 is 10.4 Å². The van der Waals surface area contributed by atoms with Crippen LogP contribution in [-0.4, -0.2) is 30.5 Å². The number of hydrogen-bond acceptors (Lipinski definition) is 2. The van der Waals surface area contributed by atoms with Crippen LogP contribution in [0.15, 0.2) is 0 Å². The van der Waals surface area contributed by atoms with E-state index in [1.54, 1.807) is 0 Å². The third-order valence-electron chi connectivity index (χ3n) is 0.765. The molecule has 5 heteroatoms. The van der Waals surface area contributed by atoms with Gasteiger partial charge in [0.15, 0.2) is 0 Å². The van der Waals surface area contributed by atoms with Crippen molar-refractivity contribution in [3.05, 3.63) is 0 Å². The summed E-state index contributed by atoms with van der Waals surface area (Å²) < 4.78 is 34.1. The highest BCUT2D eigenvalue weighted by molar-refractivity contribution is 4.57. The van der Waals surface area contributed by atoms with Crippen LogP contribution < -0.4 is 5.32 Å². The second-order valence-electron chi connectivity index (χ2n) is 2.10. The maximum atomic E-state index is 11.4. The SMILES string of the molecule is C[C@@H](O)CNCC(F)(F)F. The van der Waals surface area contributed by atoms with Gasteiger partial charge in [-0.1, -0.05) is 0 Å². The van der Waals surface area contributed by atoms with Crippen molar-refractivity contribution >= 4 is 0 Å². The van der Waals surface area contributed by atoms with E-state index in [4.69, 9.17) is 5.11 Å². The Labute approximate surface area is 57.0 Å². The van der Waals surface area contributed by atoms with Crippen LogP contribution in [0.3, 0.4) is 0 Å². The molecule has 0 fully saturated rings.